The van der Waals surface area contributed by atoms with Crippen molar-refractivity contribution < 1.29 is 4.42 Å². The van der Waals surface area contributed by atoms with Gasteiger partial charge in [-0.25, -0.2) is 5.43 Å². The van der Waals surface area contributed by atoms with Gasteiger partial charge in [-0.1, -0.05) is 23.7 Å². The molecule has 0 amide bonds. The first-order chi connectivity index (χ1) is 9.69. The molecule has 0 aliphatic heterocycles. The van der Waals surface area contributed by atoms with Crippen molar-refractivity contribution in [2.45, 2.75) is 6.04 Å². The Labute approximate surface area is 129 Å². The molecule has 2 aromatic heterocycles. The van der Waals surface area contributed by atoms with Crippen LogP contribution in [0.15, 0.2) is 51.6 Å². The first-order valence-corrected chi connectivity index (χ1v) is 7.10. The van der Waals surface area contributed by atoms with Crippen LogP contribution in [-0.2, 0) is 0 Å². The summed E-state index contributed by atoms with van der Waals surface area (Å²) >= 11 is 9.52. The number of benzene rings is 1. The van der Waals surface area contributed by atoms with Gasteiger partial charge >= 0.3 is 0 Å². The predicted molar refractivity (Wildman–Crippen MR) is 82.3 cm³/mol. The van der Waals surface area contributed by atoms with E-state index < -0.39 is 0 Å². The highest BCUT2D eigenvalue weighted by molar-refractivity contribution is 9.10. The van der Waals surface area contributed by atoms with E-state index in [1.54, 1.807) is 18.5 Å². The summed E-state index contributed by atoms with van der Waals surface area (Å²) in [5.74, 6) is 6.35. The molecule has 0 bridgehead atoms. The molecule has 2 heterocycles. The molecule has 0 radical (unpaired) electrons. The van der Waals surface area contributed by atoms with E-state index >= 15 is 0 Å². The van der Waals surface area contributed by atoms with Crippen molar-refractivity contribution in [3.05, 3.63) is 63.5 Å². The van der Waals surface area contributed by atoms with Crippen molar-refractivity contribution in [1.82, 2.24) is 10.4 Å². The van der Waals surface area contributed by atoms with Crippen LogP contribution in [0.25, 0.3) is 11.0 Å². The van der Waals surface area contributed by atoms with Crippen LogP contribution >= 0.6 is 27.5 Å². The van der Waals surface area contributed by atoms with E-state index in [-0.39, 0.29) is 6.04 Å². The Kier molecular flexibility index (Phi) is 3.76. The molecule has 0 saturated heterocycles. The molecule has 0 saturated carbocycles. The van der Waals surface area contributed by atoms with Crippen molar-refractivity contribution >= 4 is 38.5 Å². The molecule has 0 spiro atoms. The van der Waals surface area contributed by atoms with Crippen LogP contribution in [0.4, 0.5) is 0 Å². The number of rotatable bonds is 3. The van der Waals surface area contributed by atoms with Gasteiger partial charge in [-0.2, -0.15) is 0 Å². The van der Waals surface area contributed by atoms with Gasteiger partial charge < -0.3 is 4.42 Å². The lowest BCUT2D eigenvalue weighted by Gasteiger charge is -2.13. The fourth-order valence-electron chi connectivity index (χ4n) is 2.12. The zero-order valence-corrected chi connectivity index (χ0v) is 12.6. The van der Waals surface area contributed by atoms with E-state index in [9.17, 15) is 0 Å². The van der Waals surface area contributed by atoms with Gasteiger partial charge in [0, 0.05) is 22.3 Å². The maximum absolute atomic E-state index is 6.12. The SMILES string of the molecule is NNC(c1cncc(Br)c1)c1cc2cccc(Cl)c2o1. The van der Waals surface area contributed by atoms with Gasteiger partial charge in [0.25, 0.3) is 0 Å². The van der Waals surface area contributed by atoms with Crippen molar-refractivity contribution in [2.24, 2.45) is 5.84 Å². The van der Waals surface area contributed by atoms with Crippen LogP contribution < -0.4 is 11.3 Å². The van der Waals surface area contributed by atoms with Gasteiger partial charge in [0.1, 0.15) is 11.8 Å². The van der Waals surface area contributed by atoms with Crippen LogP contribution in [0.2, 0.25) is 5.02 Å². The number of nitrogens with two attached hydrogens (primary N) is 1. The van der Waals surface area contributed by atoms with Crippen molar-refractivity contribution in [2.75, 3.05) is 0 Å². The number of hydrogen-bond acceptors (Lipinski definition) is 4. The van der Waals surface area contributed by atoms with Crippen LogP contribution in [0, 0.1) is 0 Å². The maximum atomic E-state index is 6.12. The number of halogens is 2. The van der Waals surface area contributed by atoms with Crippen LogP contribution in [-0.4, -0.2) is 4.98 Å². The van der Waals surface area contributed by atoms with E-state index in [0.29, 0.717) is 16.4 Å². The topological polar surface area (TPSA) is 64.1 Å². The summed E-state index contributed by atoms with van der Waals surface area (Å²) in [5.41, 5.74) is 4.30. The lowest BCUT2D eigenvalue weighted by atomic mass is 10.1. The molecule has 102 valence electrons. The van der Waals surface area contributed by atoms with Crippen molar-refractivity contribution in [3.63, 3.8) is 0 Å². The first kappa shape index (κ1) is 13.6. The largest absolute Gasteiger partial charge is 0.457 e. The zero-order chi connectivity index (χ0) is 14.1. The zero-order valence-electron chi connectivity index (χ0n) is 10.3. The maximum Gasteiger partial charge on any atom is 0.152 e. The minimum atomic E-state index is -0.288. The van der Waals surface area contributed by atoms with E-state index in [0.717, 1.165) is 15.4 Å². The van der Waals surface area contributed by atoms with Gasteiger partial charge in [-0.3, -0.25) is 10.8 Å². The average Bonchev–Trinajstić information content (AvgIpc) is 2.85. The molecule has 20 heavy (non-hydrogen) atoms. The van der Waals surface area contributed by atoms with Gasteiger partial charge in [-0.05, 0) is 39.7 Å². The highest BCUT2D eigenvalue weighted by atomic mass is 79.9. The highest BCUT2D eigenvalue weighted by Crippen LogP contribution is 2.31. The average molecular weight is 353 g/mol. The summed E-state index contributed by atoms with van der Waals surface area (Å²) < 4.78 is 6.71. The Morgan fingerprint density at radius 2 is 2.15 bits per heavy atom. The summed E-state index contributed by atoms with van der Waals surface area (Å²) in [6, 6.07) is 9.20. The third kappa shape index (κ3) is 2.45. The quantitative estimate of drug-likeness (QED) is 0.556. The van der Waals surface area contributed by atoms with Crippen molar-refractivity contribution in [3.8, 4) is 0 Å². The number of fused-ring (bicyclic) bond motifs is 1. The molecule has 3 rings (SSSR count). The van der Waals surface area contributed by atoms with E-state index in [4.69, 9.17) is 21.9 Å². The smallest absolute Gasteiger partial charge is 0.152 e. The van der Waals surface area contributed by atoms with Crippen LogP contribution in [0.1, 0.15) is 17.4 Å². The number of furan rings is 1. The third-order valence-corrected chi connectivity index (χ3v) is 3.76. The fraction of sp³-hybridized carbons (Fsp3) is 0.0714. The monoisotopic (exact) mass is 351 g/mol. The van der Waals surface area contributed by atoms with Crippen LogP contribution in [0.5, 0.6) is 0 Å². The second-order valence-corrected chi connectivity index (χ2v) is 5.67. The number of pyridine rings is 1. The molecule has 3 aromatic rings. The third-order valence-electron chi connectivity index (χ3n) is 3.03. The first-order valence-electron chi connectivity index (χ1n) is 5.93. The summed E-state index contributed by atoms with van der Waals surface area (Å²) in [5, 5.41) is 1.52. The molecule has 1 atom stereocenters. The lowest BCUT2D eigenvalue weighted by Crippen LogP contribution is -2.28. The molecule has 4 nitrogen and oxygen atoms in total. The molecule has 0 fully saturated rings. The summed E-state index contributed by atoms with van der Waals surface area (Å²) in [4.78, 5) is 4.14. The van der Waals surface area contributed by atoms with Crippen molar-refractivity contribution in [1.29, 1.82) is 0 Å². The Bertz CT molecular complexity index is 759. The standard InChI is InChI=1S/C14H11BrClN3O/c15-10-4-9(6-18-7-10)13(19-17)12-5-8-2-1-3-11(16)14(8)20-12/h1-7,13,19H,17H2. The summed E-state index contributed by atoms with van der Waals surface area (Å²) in [6.45, 7) is 0. The number of hydrogen-bond donors (Lipinski definition) is 2. The predicted octanol–water partition coefficient (Wildman–Crippen LogP) is 3.80. The molecule has 1 aromatic carbocycles. The molecular formula is C14H11BrClN3O. The summed E-state index contributed by atoms with van der Waals surface area (Å²) in [6.07, 6.45) is 3.46. The minimum Gasteiger partial charge on any atom is -0.457 e. The van der Waals surface area contributed by atoms with E-state index in [1.807, 2.05) is 24.3 Å². The number of aromatic nitrogens is 1. The lowest BCUT2D eigenvalue weighted by molar-refractivity contribution is 0.476. The number of hydrazine groups is 1. The summed E-state index contributed by atoms with van der Waals surface area (Å²) in [7, 11) is 0. The fourth-order valence-corrected chi connectivity index (χ4v) is 2.72. The minimum absolute atomic E-state index is 0.288. The Morgan fingerprint density at radius 3 is 2.85 bits per heavy atom. The van der Waals surface area contributed by atoms with Crippen LogP contribution in [0.3, 0.4) is 0 Å². The Balaban J connectivity index is 2.09. The molecule has 0 aliphatic rings. The number of nitrogens with zero attached hydrogens (tertiary/aromatic N) is 1. The Hall–Kier alpha value is -1.40. The molecule has 6 heteroatoms. The normalized spacial score (nSPS) is 12.8. The highest BCUT2D eigenvalue weighted by Gasteiger charge is 2.18. The van der Waals surface area contributed by atoms with Gasteiger partial charge in [0.15, 0.2) is 5.58 Å². The second-order valence-electron chi connectivity index (χ2n) is 4.34. The Morgan fingerprint density at radius 1 is 1.30 bits per heavy atom. The number of nitrogens with one attached hydrogen (secondary N) is 1. The van der Waals surface area contributed by atoms with E-state index in [1.165, 1.54) is 0 Å². The molecule has 1 unspecified atom stereocenters. The van der Waals surface area contributed by atoms with E-state index in [2.05, 4.69) is 26.3 Å². The number of para-hydroxylation sites is 1. The van der Waals surface area contributed by atoms with Gasteiger partial charge in [0.2, 0.25) is 0 Å². The molecular weight excluding hydrogens is 342 g/mol. The second kappa shape index (κ2) is 5.54. The molecule has 3 N–H and O–H groups in total. The van der Waals surface area contributed by atoms with Gasteiger partial charge in [0.05, 0.1) is 5.02 Å². The van der Waals surface area contributed by atoms with Gasteiger partial charge in [-0.15, -0.1) is 0 Å². The molecule has 0 aliphatic carbocycles.